The van der Waals surface area contributed by atoms with E-state index in [1.807, 2.05) is 13.8 Å². The fraction of sp³-hybridized carbons (Fsp3) is 0.400. The van der Waals surface area contributed by atoms with E-state index in [0.717, 1.165) is 29.7 Å². The van der Waals surface area contributed by atoms with E-state index in [2.05, 4.69) is 36.8 Å². The fourth-order valence-corrected chi connectivity index (χ4v) is 3.66. The minimum absolute atomic E-state index is 0.139. The number of hydrogen-bond acceptors (Lipinski definition) is 6. The van der Waals surface area contributed by atoms with E-state index in [9.17, 15) is 9.59 Å². The number of nitrogens with zero attached hydrogens (tertiary/aromatic N) is 2. The van der Waals surface area contributed by atoms with E-state index >= 15 is 0 Å². The Kier molecular flexibility index (Phi) is 6.81. The van der Waals surface area contributed by atoms with Crippen molar-refractivity contribution in [1.82, 2.24) is 15.7 Å². The molecule has 2 aromatic heterocycles. The highest BCUT2D eigenvalue weighted by atomic mass is 79.9. The molecule has 29 heavy (non-hydrogen) atoms. The number of halogens is 1. The lowest BCUT2D eigenvalue weighted by atomic mass is 9.93. The molecule has 8 nitrogen and oxygen atoms in total. The predicted molar refractivity (Wildman–Crippen MR) is 111 cm³/mol. The summed E-state index contributed by atoms with van der Waals surface area (Å²) in [4.78, 5) is 28.9. The number of nitrogens with one attached hydrogen (secondary N) is 2. The third kappa shape index (κ3) is 4.91. The Bertz CT molecular complexity index is 954. The van der Waals surface area contributed by atoms with Crippen LogP contribution in [-0.4, -0.2) is 42.3 Å². The van der Waals surface area contributed by atoms with E-state index in [-0.39, 0.29) is 23.6 Å². The van der Waals surface area contributed by atoms with Gasteiger partial charge in [0.25, 0.3) is 11.8 Å². The van der Waals surface area contributed by atoms with Gasteiger partial charge in [-0.05, 0) is 48.7 Å². The first kappa shape index (κ1) is 21.2. The number of furan rings is 1. The molecule has 3 rings (SSSR count). The van der Waals surface area contributed by atoms with Crippen molar-refractivity contribution >= 4 is 33.5 Å². The van der Waals surface area contributed by atoms with Gasteiger partial charge in [0.15, 0.2) is 5.76 Å². The zero-order valence-corrected chi connectivity index (χ0v) is 18.1. The maximum atomic E-state index is 12.6. The number of fused-ring (bicyclic) bond motifs is 1. The number of pyridine rings is 1. The van der Waals surface area contributed by atoms with Crippen molar-refractivity contribution < 1.29 is 18.7 Å². The molecule has 9 heteroatoms. The van der Waals surface area contributed by atoms with Crippen molar-refractivity contribution in [3.63, 3.8) is 0 Å². The summed E-state index contributed by atoms with van der Waals surface area (Å²) >= 11 is 3.30. The molecular formula is C20H23BrN4O4. The summed E-state index contributed by atoms with van der Waals surface area (Å²) in [5, 5.41) is 7.18. The second-order valence-corrected chi connectivity index (χ2v) is 7.84. The Balaban J connectivity index is 1.81. The lowest BCUT2D eigenvalue weighted by Gasteiger charge is -2.13. The second-order valence-electron chi connectivity index (χ2n) is 6.93. The minimum Gasteiger partial charge on any atom is -0.455 e. The molecule has 0 saturated heterocycles. The van der Waals surface area contributed by atoms with Crippen LogP contribution in [0, 0.1) is 6.92 Å². The Hall–Kier alpha value is -2.52. The van der Waals surface area contributed by atoms with E-state index < -0.39 is 0 Å². The van der Waals surface area contributed by atoms with Gasteiger partial charge >= 0.3 is 0 Å². The summed E-state index contributed by atoms with van der Waals surface area (Å²) in [6.45, 7) is 4.10. The quantitative estimate of drug-likeness (QED) is 0.641. The number of aromatic nitrogens is 1. The Labute approximate surface area is 177 Å². The molecule has 2 amide bonds. The summed E-state index contributed by atoms with van der Waals surface area (Å²) < 4.78 is 11.6. The topological polar surface area (TPSA) is 106 Å². The molecule has 0 fully saturated rings. The number of carbonyl (C=O) groups is 2. The van der Waals surface area contributed by atoms with Crippen molar-refractivity contribution in [2.24, 2.45) is 5.10 Å². The van der Waals surface area contributed by atoms with Crippen LogP contribution in [0.5, 0.6) is 0 Å². The van der Waals surface area contributed by atoms with E-state index in [1.165, 1.54) is 6.20 Å². The number of aryl methyl sites for hydroxylation is 1. The van der Waals surface area contributed by atoms with Gasteiger partial charge in [0.1, 0.15) is 5.76 Å². The van der Waals surface area contributed by atoms with Gasteiger partial charge in [0.05, 0.1) is 17.9 Å². The van der Waals surface area contributed by atoms with Gasteiger partial charge in [-0.15, -0.1) is 0 Å². The number of hydrazone groups is 1. The molecule has 154 valence electrons. The Morgan fingerprint density at radius 2 is 2.14 bits per heavy atom. The predicted octanol–water partition coefficient (Wildman–Crippen LogP) is 2.98. The molecule has 1 unspecified atom stereocenters. The summed E-state index contributed by atoms with van der Waals surface area (Å²) in [7, 11) is 1.58. The third-order valence-electron chi connectivity index (χ3n) is 4.59. The van der Waals surface area contributed by atoms with Crippen LogP contribution >= 0.6 is 15.9 Å². The Morgan fingerprint density at radius 1 is 1.34 bits per heavy atom. The van der Waals surface area contributed by atoms with Crippen LogP contribution in [0.2, 0.25) is 0 Å². The number of rotatable bonds is 6. The number of methoxy groups -OCH3 is 1. The molecular weight excluding hydrogens is 440 g/mol. The van der Waals surface area contributed by atoms with Crippen LogP contribution < -0.4 is 10.7 Å². The van der Waals surface area contributed by atoms with Crippen LogP contribution in [-0.2, 0) is 11.2 Å². The van der Waals surface area contributed by atoms with Crippen molar-refractivity contribution in [1.29, 1.82) is 0 Å². The fourth-order valence-electron chi connectivity index (χ4n) is 3.30. The molecule has 0 radical (unpaired) electrons. The van der Waals surface area contributed by atoms with E-state index in [0.29, 0.717) is 28.8 Å². The molecule has 2 aromatic rings. The van der Waals surface area contributed by atoms with Crippen molar-refractivity contribution in [2.75, 3.05) is 13.7 Å². The molecule has 2 N–H and O–H groups in total. The average Bonchev–Trinajstić information content (AvgIpc) is 3.03. The van der Waals surface area contributed by atoms with Gasteiger partial charge in [0, 0.05) is 47.6 Å². The zero-order valence-electron chi connectivity index (χ0n) is 16.5. The molecule has 1 aliphatic carbocycles. The maximum absolute atomic E-state index is 12.6. The zero-order chi connectivity index (χ0) is 21.0. The third-order valence-corrected chi connectivity index (χ3v) is 5.02. The smallest absolute Gasteiger partial charge is 0.287 e. The molecule has 1 atom stereocenters. The van der Waals surface area contributed by atoms with Crippen LogP contribution in [0.3, 0.4) is 0 Å². The maximum Gasteiger partial charge on any atom is 0.287 e. The molecule has 0 spiro atoms. The second kappa shape index (κ2) is 9.32. The number of carbonyl (C=O) groups excluding carboxylic acids is 2. The lowest BCUT2D eigenvalue weighted by Crippen LogP contribution is -2.35. The summed E-state index contributed by atoms with van der Waals surface area (Å²) in [6.07, 6.45) is 5.31. The standard InChI is InChI=1S/C20H23BrN4O4/c1-11(10-28-3)23-20(27)18-12(2)17-15(5-4-6-16(17)29-18)24-25-19(26)13-7-14(21)9-22-8-13/h7-9,11H,4-6,10H2,1-3H3,(H,23,27)(H,25,26)/b24-15+. The highest BCUT2D eigenvalue weighted by Crippen LogP contribution is 2.30. The van der Waals surface area contributed by atoms with Crippen LogP contribution in [0.4, 0.5) is 0 Å². The van der Waals surface area contributed by atoms with Gasteiger partial charge in [0.2, 0.25) is 0 Å². The summed E-state index contributed by atoms with van der Waals surface area (Å²) in [5.41, 5.74) is 5.20. The normalized spacial score (nSPS) is 15.7. The van der Waals surface area contributed by atoms with Crippen molar-refractivity contribution in [3.05, 3.63) is 51.1 Å². The monoisotopic (exact) mass is 462 g/mol. The van der Waals surface area contributed by atoms with Gasteiger partial charge < -0.3 is 14.5 Å². The SMILES string of the molecule is COCC(C)NC(=O)c1oc2c(c1C)/C(=N/NC(=O)c1cncc(Br)c1)CCC2. The lowest BCUT2D eigenvalue weighted by molar-refractivity contribution is 0.0874. The van der Waals surface area contributed by atoms with Crippen LogP contribution in [0.1, 0.15) is 57.6 Å². The highest BCUT2D eigenvalue weighted by Gasteiger charge is 2.28. The first-order chi connectivity index (χ1) is 13.9. The summed E-state index contributed by atoms with van der Waals surface area (Å²) in [5.74, 6) is 0.349. The number of hydrogen-bond donors (Lipinski definition) is 2. The Morgan fingerprint density at radius 3 is 2.86 bits per heavy atom. The van der Waals surface area contributed by atoms with Gasteiger partial charge in [-0.3, -0.25) is 14.6 Å². The summed E-state index contributed by atoms with van der Waals surface area (Å²) in [6, 6.07) is 1.53. The van der Waals surface area contributed by atoms with Crippen molar-refractivity contribution in [3.8, 4) is 0 Å². The van der Waals surface area contributed by atoms with E-state index in [1.54, 1.807) is 19.4 Å². The van der Waals surface area contributed by atoms with Crippen LogP contribution in [0.15, 0.2) is 32.5 Å². The van der Waals surface area contributed by atoms with Crippen LogP contribution in [0.25, 0.3) is 0 Å². The largest absolute Gasteiger partial charge is 0.455 e. The van der Waals surface area contributed by atoms with E-state index in [4.69, 9.17) is 9.15 Å². The van der Waals surface area contributed by atoms with Crippen molar-refractivity contribution in [2.45, 2.75) is 39.2 Å². The molecule has 0 aromatic carbocycles. The van der Waals surface area contributed by atoms with Gasteiger partial charge in [-0.2, -0.15) is 5.10 Å². The molecule has 0 aliphatic heterocycles. The first-order valence-electron chi connectivity index (χ1n) is 9.30. The minimum atomic E-state index is -0.356. The molecule has 0 saturated carbocycles. The molecule has 1 aliphatic rings. The highest BCUT2D eigenvalue weighted by molar-refractivity contribution is 9.10. The number of amides is 2. The van der Waals surface area contributed by atoms with Gasteiger partial charge in [-0.1, -0.05) is 0 Å². The average molecular weight is 463 g/mol. The molecule has 0 bridgehead atoms. The molecule has 2 heterocycles. The first-order valence-corrected chi connectivity index (χ1v) is 10.1. The number of ether oxygens (including phenoxy) is 1. The van der Waals surface area contributed by atoms with Gasteiger partial charge in [-0.25, -0.2) is 5.43 Å².